The third kappa shape index (κ3) is 3.72. The monoisotopic (exact) mass is 256 g/mol. The van der Waals surface area contributed by atoms with Gasteiger partial charge in [-0.3, -0.25) is 9.59 Å². The van der Waals surface area contributed by atoms with Crippen LogP contribution < -0.4 is 0 Å². The van der Waals surface area contributed by atoms with E-state index in [1.54, 1.807) is 0 Å². The number of carboxylic acids is 1. The van der Waals surface area contributed by atoms with Gasteiger partial charge in [0.25, 0.3) is 0 Å². The van der Waals surface area contributed by atoms with Gasteiger partial charge in [0.1, 0.15) is 6.10 Å². The van der Waals surface area contributed by atoms with Crippen molar-refractivity contribution in [2.75, 3.05) is 0 Å². The number of esters is 1. The minimum absolute atomic E-state index is 0.103. The average Bonchev–Trinajstić information content (AvgIpc) is 2.35. The van der Waals surface area contributed by atoms with Crippen molar-refractivity contribution in [3.63, 3.8) is 0 Å². The van der Waals surface area contributed by atoms with Gasteiger partial charge in [-0.15, -0.1) is 0 Å². The van der Waals surface area contributed by atoms with Crippen molar-refractivity contribution in [1.82, 2.24) is 0 Å². The van der Waals surface area contributed by atoms with E-state index in [1.807, 2.05) is 20.8 Å². The van der Waals surface area contributed by atoms with Crippen LogP contribution in [0.4, 0.5) is 0 Å². The molecular formula is C14H24O4. The zero-order valence-electron chi connectivity index (χ0n) is 11.5. The van der Waals surface area contributed by atoms with Crippen molar-refractivity contribution >= 4 is 11.9 Å². The number of rotatable bonds is 5. The standard InChI is InChI=1S/C14H24O4/c1-4-12(9(2)3)18-14(17)11-8-6-5-7-10(11)13(15)16/h9-12H,4-8H2,1-3H3,(H,15,16). The summed E-state index contributed by atoms with van der Waals surface area (Å²) in [6.07, 6.45) is 3.71. The fraction of sp³-hybridized carbons (Fsp3) is 0.857. The molecule has 18 heavy (non-hydrogen) atoms. The topological polar surface area (TPSA) is 63.6 Å². The Kier molecular flexibility index (Phi) is 5.63. The van der Waals surface area contributed by atoms with E-state index in [-0.39, 0.29) is 18.0 Å². The summed E-state index contributed by atoms with van der Waals surface area (Å²) in [7, 11) is 0. The highest BCUT2D eigenvalue weighted by Gasteiger charge is 2.37. The molecule has 0 aromatic rings. The molecule has 1 N–H and O–H groups in total. The van der Waals surface area contributed by atoms with Gasteiger partial charge >= 0.3 is 11.9 Å². The summed E-state index contributed by atoms with van der Waals surface area (Å²) in [5.41, 5.74) is 0. The Morgan fingerprint density at radius 3 is 2.22 bits per heavy atom. The van der Waals surface area contributed by atoms with E-state index >= 15 is 0 Å². The number of aliphatic carboxylic acids is 1. The fourth-order valence-electron chi connectivity index (χ4n) is 2.64. The second-order valence-electron chi connectivity index (χ2n) is 5.46. The molecule has 1 aliphatic carbocycles. The Bertz CT molecular complexity index is 298. The molecule has 4 nitrogen and oxygen atoms in total. The van der Waals surface area contributed by atoms with E-state index in [0.717, 1.165) is 19.3 Å². The van der Waals surface area contributed by atoms with E-state index < -0.39 is 17.8 Å². The Morgan fingerprint density at radius 2 is 1.78 bits per heavy atom. The average molecular weight is 256 g/mol. The van der Waals surface area contributed by atoms with Crippen LogP contribution in [0.3, 0.4) is 0 Å². The number of hydrogen-bond donors (Lipinski definition) is 1. The highest BCUT2D eigenvalue weighted by molar-refractivity contribution is 5.81. The van der Waals surface area contributed by atoms with Crippen LogP contribution in [0.5, 0.6) is 0 Å². The Morgan fingerprint density at radius 1 is 1.22 bits per heavy atom. The van der Waals surface area contributed by atoms with E-state index in [9.17, 15) is 9.59 Å². The molecule has 4 heteroatoms. The van der Waals surface area contributed by atoms with Crippen LogP contribution in [0.25, 0.3) is 0 Å². The van der Waals surface area contributed by atoms with Gasteiger partial charge in [0, 0.05) is 0 Å². The maximum atomic E-state index is 12.1. The first-order chi connectivity index (χ1) is 8.47. The minimum atomic E-state index is -0.866. The van der Waals surface area contributed by atoms with Crippen molar-refractivity contribution in [1.29, 1.82) is 0 Å². The Hall–Kier alpha value is -1.06. The zero-order chi connectivity index (χ0) is 13.7. The van der Waals surface area contributed by atoms with E-state index in [2.05, 4.69) is 0 Å². The molecule has 0 aromatic carbocycles. The molecule has 0 spiro atoms. The molecule has 3 atom stereocenters. The van der Waals surface area contributed by atoms with Gasteiger partial charge in [-0.2, -0.15) is 0 Å². The molecule has 0 heterocycles. The van der Waals surface area contributed by atoms with Gasteiger partial charge in [-0.1, -0.05) is 33.6 Å². The van der Waals surface area contributed by atoms with Crippen LogP contribution in [0.1, 0.15) is 52.9 Å². The van der Waals surface area contributed by atoms with Gasteiger partial charge in [-0.25, -0.2) is 0 Å². The third-order valence-electron chi connectivity index (χ3n) is 3.80. The molecule has 0 aromatic heterocycles. The highest BCUT2D eigenvalue weighted by atomic mass is 16.5. The van der Waals surface area contributed by atoms with E-state index in [4.69, 9.17) is 9.84 Å². The molecular weight excluding hydrogens is 232 g/mol. The van der Waals surface area contributed by atoms with Gasteiger partial charge in [0.15, 0.2) is 0 Å². The predicted molar refractivity (Wildman–Crippen MR) is 68.1 cm³/mol. The number of carboxylic acid groups (broad SMARTS) is 1. The van der Waals surface area contributed by atoms with Gasteiger partial charge in [0.05, 0.1) is 11.8 Å². The summed E-state index contributed by atoms with van der Waals surface area (Å²) >= 11 is 0. The fourth-order valence-corrected chi connectivity index (χ4v) is 2.64. The molecule has 1 fully saturated rings. The van der Waals surface area contributed by atoms with Gasteiger partial charge in [-0.05, 0) is 25.2 Å². The third-order valence-corrected chi connectivity index (χ3v) is 3.80. The van der Waals surface area contributed by atoms with Gasteiger partial charge < -0.3 is 9.84 Å². The summed E-state index contributed by atoms with van der Waals surface area (Å²) in [4.78, 5) is 23.3. The number of carbonyl (C=O) groups is 2. The highest BCUT2D eigenvalue weighted by Crippen LogP contribution is 2.32. The number of ether oxygens (including phenoxy) is 1. The molecule has 3 unspecified atom stereocenters. The minimum Gasteiger partial charge on any atom is -0.481 e. The Balaban J connectivity index is 2.65. The molecule has 0 bridgehead atoms. The first-order valence-corrected chi connectivity index (χ1v) is 6.90. The number of hydrogen-bond acceptors (Lipinski definition) is 3. The van der Waals surface area contributed by atoms with Crippen LogP contribution in [-0.4, -0.2) is 23.1 Å². The van der Waals surface area contributed by atoms with Crippen molar-refractivity contribution in [2.24, 2.45) is 17.8 Å². The summed E-state index contributed by atoms with van der Waals surface area (Å²) in [6.45, 7) is 6.00. The lowest BCUT2D eigenvalue weighted by Gasteiger charge is -2.29. The van der Waals surface area contributed by atoms with Crippen LogP contribution >= 0.6 is 0 Å². The molecule has 0 saturated heterocycles. The van der Waals surface area contributed by atoms with E-state index in [0.29, 0.717) is 12.8 Å². The summed E-state index contributed by atoms with van der Waals surface area (Å²) in [5, 5.41) is 9.15. The summed E-state index contributed by atoms with van der Waals surface area (Å²) in [5.74, 6) is -1.93. The maximum absolute atomic E-state index is 12.1. The van der Waals surface area contributed by atoms with Crippen molar-refractivity contribution in [2.45, 2.75) is 59.0 Å². The SMILES string of the molecule is CCC(OC(=O)C1CCCCC1C(=O)O)C(C)C. The molecule has 1 saturated carbocycles. The molecule has 0 aliphatic heterocycles. The predicted octanol–water partition coefficient (Wildman–Crippen LogP) is 2.86. The van der Waals surface area contributed by atoms with Crippen molar-refractivity contribution in [3.8, 4) is 0 Å². The maximum Gasteiger partial charge on any atom is 0.310 e. The summed E-state index contributed by atoms with van der Waals surface area (Å²) < 4.78 is 5.48. The first kappa shape index (κ1) is 15.0. The zero-order valence-corrected chi connectivity index (χ0v) is 11.5. The molecule has 0 radical (unpaired) electrons. The second-order valence-corrected chi connectivity index (χ2v) is 5.46. The lowest BCUT2D eigenvalue weighted by atomic mass is 9.79. The summed E-state index contributed by atoms with van der Waals surface area (Å²) in [6, 6.07) is 0. The smallest absolute Gasteiger partial charge is 0.310 e. The quantitative estimate of drug-likeness (QED) is 0.768. The van der Waals surface area contributed by atoms with Crippen molar-refractivity contribution < 1.29 is 19.4 Å². The van der Waals surface area contributed by atoms with Gasteiger partial charge in [0.2, 0.25) is 0 Å². The van der Waals surface area contributed by atoms with Crippen LogP contribution in [-0.2, 0) is 14.3 Å². The lowest BCUT2D eigenvalue weighted by Crippen LogP contribution is -2.36. The second kappa shape index (κ2) is 6.76. The molecule has 104 valence electrons. The molecule has 1 rings (SSSR count). The van der Waals surface area contributed by atoms with Crippen LogP contribution in [0, 0.1) is 17.8 Å². The van der Waals surface area contributed by atoms with E-state index in [1.165, 1.54) is 0 Å². The molecule has 1 aliphatic rings. The lowest BCUT2D eigenvalue weighted by molar-refractivity contribution is -0.165. The number of carbonyl (C=O) groups excluding carboxylic acids is 1. The van der Waals surface area contributed by atoms with Crippen LogP contribution in [0.2, 0.25) is 0 Å². The van der Waals surface area contributed by atoms with Crippen molar-refractivity contribution in [3.05, 3.63) is 0 Å². The van der Waals surface area contributed by atoms with Crippen LogP contribution in [0.15, 0.2) is 0 Å². The Labute approximate surface area is 109 Å². The largest absolute Gasteiger partial charge is 0.481 e. The molecule has 0 amide bonds. The first-order valence-electron chi connectivity index (χ1n) is 6.90. The normalized spacial score (nSPS) is 25.8.